The van der Waals surface area contributed by atoms with Gasteiger partial charge < -0.3 is 4.74 Å². The number of carbonyl (C=O) groups excluding carboxylic acids is 1. The molecule has 0 radical (unpaired) electrons. The molecule has 1 aliphatic rings. The lowest BCUT2D eigenvalue weighted by Crippen LogP contribution is -2.26. The Hall–Kier alpha value is -2.34. The predicted molar refractivity (Wildman–Crippen MR) is 92.7 cm³/mol. The highest BCUT2D eigenvalue weighted by Gasteiger charge is 2.52. The molecule has 0 spiro atoms. The largest absolute Gasteiger partial charge is 0.426 e. The Balaban J connectivity index is 1.74. The molecule has 0 aromatic heterocycles. The van der Waals surface area contributed by atoms with Crippen LogP contribution in [0.15, 0.2) is 54.6 Å². The van der Waals surface area contributed by atoms with Gasteiger partial charge in [0.2, 0.25) is 10.0 Å². The number of hydrogen-bond donors (Lipinski definition) is 0. The molecule has 0 amide bonds. The van der Waals surface area contributed by atoms with E-state index in [-0.39, 0.29) is 5.97 Å². The second-order valence-electron chi connectivity index (χ2n) is 6.06. The third-order valence-corrected chi connectivity index (χ3v) is 5.58. The van der Waals surface area contributed by atoms with Crippen molar-refractivity contribution in [2.45, 2.75) is 18.3 Å². The van der Waals surface area contributed by atoms with E-state index in [2.05, 4.69) is 0 Å². The molecular formula is C18H19NO4S. The molecule has 0 bridgehead atoms. The Bertz CT molecular complexity index is 840. The minimum absolute atomic E-state index is 0.266. The van der Waals surface area contributed by atoms with Gasteiger partial charge in [-0.2, -0.15) is 0 Å². The third kappa shape index (κ3) is 3.14. The fourth-order valence-electron chi connectivity index (χ4n) is 2.61. The summed E-state index contributed by atoms with van der Waals surface area (Å²) in [5.41, 5.74) is 0.952. The van der Waals surface area contributed by atoms with Gasteiger partial charge >= 0.3 is 5.97 Å². The standard InChI is InChI=1S/C18H19NO4S/c1-19(24(2,21)22)15-8-10-16(11-9-15)23-17(20)18(12-13-18)14-6-4-3-5-7-14/h3-11H,12-13H2,1-2H3. The number of benzene rings is 2. The first-order valence-electron chi connectivity index (χ1n) is 7.65. The number of sulfonamides is 1. The lowest BCUT2D eigenvalue weighted by molar-refractivity contribution is -0.137. The zero-order valence-electron chi connectivity index (χ0n) is 13.6. The molecule has 0 N–H and O–H groups in total. The summed E-state index contributed by atoms with van der Waals surface area (Å²) in [5.74, 6) is 0.144. The summed E-state index contributed by atoms with van der Waals surface area (Å²) >= 11 is 0. The van der Waals surface area contributed by atoms with Gasteiger partial charge in [-0.3, -0.25) is 9.10 Å². The van der Waals surface area contributed by atoms with E-state index in [4.69, 9.17) is 4.74 Å². The average Bonchev–Trinajstić information content (AvgIpc) is 3.37. The summed E-state index contributed by atoms with van der Waals surface area (Å²) in [5, 5.41) is 0. The number of carbonyl (C=O) groups is 1. The molecule has 0 atom stereocenters. The van der Waals surface area contributed by atoms with Crippen molar-refractivity contribution in [3.05, 3.63) is 60.2 Å². The van der Waals surface area contributed by atoms with Gasteiger partial charge in [0.25, 0.3) is 0 Å². The predicted octanol–water partition coefficient (Wildman–Crippen LogP) is 2.72. The highest BCUT2D eigenvalue weighted by molar-refractivity contribution is 7.92. The maximum Gasteiger partial charge on any atom is 0.321 e. The van der Waals surface area contributed by atoms with Crippen LogP contribution in [-0.4, -0.2) is 27.7 Å². The molecule has 0 aliphatic heterocycles. The Labute approximate surface area is 141 Å². The number of nitrogens with zero attached hydrogens (tertiary/aromatic N) is 1. The van der Waals surface area contributed by atoms with Crippen molar-refractivity contribution in [2.75, 3.05) is 17.6 Å². The van der Waals surface area contributed by atoms with E-state index in [1.165, 1.54) is 11.4 Å². The normalized spacial score (nSPS) is 15.6. The van der Waals surface area contributed by atoms with Crippen LogP contribution in [0.5, 0.6) is 5.75 Å². The Morgan fingerprint density at radius 2 is 1.62 bits per heavy atom. The van der Waals surface area contributed by atoms with E-state index >= 15 is 0 Å². The number of ether oxygens (including phenoxy) is 1. The van der Waals surface area contributed by atoms with Gasteiger partial charge in [0.1, 0.15) is 5.75 Å². The third-order valence-electron chi connectivity index (χ3n) is 4.38. The van der Waals surface area contributed by atoms with Gasteiger partial charge in [-0.25, -0.2) is 8.42 Å². The fourth-order valence-corrected chi connectivity index (χ4v) is 3.12. The molecule has 3 rings (SSSR count). The Morgan fingerprint density at radius 1 is 1.04 bits per heavy atom. The van der Waals surface area contributed by atoms with Crippen molar-refractivity contribution in [1.82, 2.24) is 0 Å². The van der Waals surface area contributed by atoms with Gasteiger partial charge in [-0.05, 0) is 42.7 Å². The minimum Gasteiger partial charge on any atom is -0.426 e. The summed E-state index contributed by atoms with van der Waals surface area (Å²) in [7, 11) is -1.84. The molecule has 1 fully saturated rings. The Kier molecular flexibility index (Phi) is 4.09. The second kappa shape index (κ2) is 5.94. The van der Waals surface area contributed by atoms with E-state index < -0.39 is 15.4 Å². The molecule has 24 heavy (non-hydrogen) atoms. The van der Waals surface area contributed by atoms with E-state index in [1.807, 2.05) is 30.3 Å². The van der Waals surface area contributed by atoms with Crippen LogP contribution in [0.25, 0.3) is 0 Å². The van der Waals surface area contributed by atoms with Gasteiger partial charge in [0.15, 0.2) is 0 Å². The van der Waals surface area contributed by atoms with Crippen LogP contribution in [0, 0.1) is 0 Å². The van der Waals surface area contributed by atoms with E-state index in [0.29, 0.717) is 11.4 Å². The Morgan fingerprint density at radius 3 is 2.12 bits per heavy atom. The van der Waals surface area contributed by atoms with Crippen LogP contribution in [0.3, 0.4) is 0 Å². The van der Waals surface area contributed by atoms with E-state index in [9.17, 15) is 13.2 Å². The van der Waals surface area contributed by atoms with E-state index in [0.717, 1.165) is 24.7 Å². The zero-order valence-corrected chi connectivity index (χ0v) is 14.4. The summed E-state index contributed by atoms with van der Waals surface area (Å²) in [4.78, 5) is 12.5. The molecule has 0 unspecified atom stereocenters. The lowest BCUT2D eigenvalue weighted by Gasteiger charge is -2.17. The van der Waals surface area contributed by atoms with Gasteiger partial charge in [0, 0.05) is 7.05 Å². The first kappa shape index (κ1) is 16.5. The molecule has 2 aromatic carbocycles. The molecule has 5 nitrogen and oxygen atoms in total. The lowest BCUT2D eigenvalue weighted by atomic mass is 9.96. The maximum atomic E-state index is 12.5. The van der Waals surface area contributed by atoms with E-state index in [1.54, 1.807) is 24.3 Å². The smallest absolute Gasteiger partial charge is 0.321 e. The van der Waals surface area contributed by atoms with Crippen molar-refractivity contribution in [3.8, 4) is 5.75 Å². The first-order chi connectivity index (χ1) is 11.3. The molecule has 0 saturated heterocycles. The monoisotopic (exact) mass is 345 g/mol. The average molecular weight is 345 g/mol. The van der Waals surface area contributed by atoms with Crippen molar-refractivity contribution in [2.24, 2.45) is 0 Å². The van der Waals surface area contributed by atoms with Crippen molar-refractivity contribution >= 4 is 21.7 Å². The molecule has 2 aromatic rings. The summed E-state index contributed by atoms with van der Waals surface area (Å²) in [6.07, 6.45) is 2.70. The second-order valence-corrected chi connectivity index (χ2v) is 8.08. The summed E-state index contributed by atoms with van der Waals surface area (Å²) in [6.45, 7) is 0. The van der Waals surface area contributed by atoms with Gasteiger partial charge in [-0.15, -0.1) is 0 Å². The van der Waals surface area contributed by atoms with Crippen LogP contribution in [-0.2, 0) is 20.2 Å². The number of anilines is 1. The maximum absolute atomic E-state index is 12.5. The topological polar surface area (TPSA) is 63.7 Å². The number of hydrogen-bond acceptors (Lipinski definition) is 4. The van der Waals surface area contributed by atoms with Crippen molar-refractivity contribution in [3.63, 3.8) is 0 Å². The molecule has 0 heterocycles. The summed E-state index contributed by atoms with van der Waals surface area (Å²) in [6, 6.07) is 16.1. The zero-order chi connectivity index (χ0) is 17.4. The van der Waals surface area contributed by atoms with Crippen LogP contribution in [0.4, 0.5) is 5.69 Å². The van der Waals surface area contributed by atoms with Crippen LogP contribution < -0.4 is 9.04 Å². The molecular weight excluding hydrogens is 326 g/mol. The molecule has 126 valence electrons. The molecule has 6 heteroatoms. The van der Waals surface area contributed by atoms with Crippen molar-refractivity contribution in [1.29, 1.82) is 0 Å². The quantitative estimate of drug-likeness (QED) is 0.617. The van der Waals surface area contributed by atoms with Gasteiger partial charge in [-0.1, -0.05) is 30.3 Å². The SMILES string of the molecule is CN(c1ccc(OC(=O)C2(c3ccccc3)CC2)cc1)S(C)(=O)=O. The molecule has 1 saturated carbocycles. The first-order valence-corrected chi connectivity index (χ1v) is 9.49. The highest BCUT2D eigenvalue weighted by atomic mass is 32.2. The highest BCUT2D eigenvalue weighted by Crippen LogP contribution is 2.49. The number of rotatable bonds is 5. The minimum atomic E-state index is -3.32. The summed E-state index contributed by atoms with van der Waals surface area (Å²) < 4.78 is 29.7. The van der Waals surface area contributed by atoms with Gasteiger partial charge in [0.05, 0.1) is 17.4 Å². The molecule has 1 aliphatic carbocycles. The van der Waals surface area contributed by atoms with Crippen LogP contribution in [0.2, 0.25) is 0 Å². The van der Waals surface area contributed by atoms with Crippen molar-refractivity contribution < 1.29 is 17.9 Å². The number of esters is 1. The van der Waals surface area contributed by atoms with Crippen LogP contribution >= 0.6 is 0 Å². The van der Waals surface area contributed by atoms with Crippen LogP contribution in [0.1, 0.15) is 18.4 Å². The fraction of sp³-hybridized carbons (Fsp3) is 0.278.